The summed E-state index contributed by atoms with van der Waals surface area (Å²) in [6.45, 7) is 2.98. The van der Waals surface area contributed by atoms with Crippen LogP contribution in [0.15, 0.2) is 79.1 Å². The van der Waals surface area contributed by atoms with Crippen molar-refractivity contribution in [1.29, 1.82) is 0 Å². The van der Waals surface area contributed by atoms with E-state index in [1.54, 1.807) is 0 Å². The molecule has 0 aliphatic carbocycles. The highest BCUT2D eigenvalue weighted by atomic mass is 19.4. The van der Waals surface area contributed by atoms with Gasteiger partial charge in [-0.15, -0.1) is 0 Å². The summed E-state index contributed by atoms with van der Waals surface area (Å²) >= 11 is 0. The lowest BCUT2D eigenvalue weighted by Crippen LogP contribution is -2.24. The number of ether oxygens (including phenoxy) is 1. The normalized spacial score (nSPS) is 12.8. The first kappa shape index (κ1) is 20.9. The number of aromatic nitrogens is 2. The Morgan fingerprint density at radius 3 is 2.39 bits per heavy atom. The van der Waals surface area contributed by atoms with Crippen molar-refractivity contribution in [3.05, 3.63) is 90.3 Å². The summed E-state index contributed by atoms with van der Waals surface area (Å²) in [6.07, 6.45) is -2.52. The molecule has 0 saturated carbocycles. The SMILES string of the molecule is CC(NCCOc1ccc(C(F)(F)F)cc1)c1ccc(-n2cnc3ccccc32)cc1. The van der Waals surface area contributed by atoms with Crippen LogP contribution >= 0.6 is 0 Å². The number of imidazole rings is 1. The van der Waals surface area contributed by atoms with Gasteiger partial charge in [-0.05, 0) is 61.0 Å². The third kappa shape index (κ3) is 4.88. The Morgan fingerprint density at radius 2 is 1.68 bits per heavy atom. The van der Waals surface area contributed by atoms with Crippen LogP contribution in [0.3, 0.4) is 0 Å². The molecule has 0 fully saturated rings. The summed E-state index contributed by atoms with van der Waals surface area (Å²) in [5, 5.41) is 3.36. The Morgan fingerprint density at radius 1 is 0.968 bits per heavy atom. The van der Waals surface area contributed by atoms with Gasteiger partial charge in [0.25, 0.3) is 0 Å². The summed E-state index contributed by atoms with van der Waals surface area (Å²) in [4.78, 5) is 4.43. The molecule has 4 rings (SSSR count). The Labute approximate surface area is 178 Å². The molecule has 1 aromatic heterocycles. The molecule has 0 radical (unpaired) electrons. The van der Waals surface area contributed by atoms with E-state index in [4.69, 9.17) is 4.74 Å². The summed E-state index contributed by atoms with van der Waals surface area (Å²) in [5.41, 5.74) is 3.49. The molecule has 4 aromatic rings. The zero-order valence-corrected chi connectivity index (χ0v) is 16.9. The van der Waals surface area contributed by atoms with Crippen LogP contribution in [0.2, 0.25) is 0 Å². The summed E-state index contributed by atoms with van der Waals surface area (Å²) in [7, 11) is 0. The Kier molecular flexibility index (Phi) is 5.95. The third-order valence-electron chi connectivity index (χ3n) is 5.13. The van der Waals surface area contributed by atoms with E-state index in [2.05, 4.69) is 46.1 Å². The summed E-state index contributed by atoms with van der Waals surface area (Å²) in [6, 6.07) is 21.1. The largest absolute Gasteiger partial charge is 0.492 e. The summed E-state index contributed by atoms with van der Waals surface area (Å²) < 4.78 is 45.4. The van der Waals surface area contributed by atoms with Crippen LogP contribution < -0.4 is 10.1 Å². The monoisotopic (exact) mass is 425 g/mol. The van der Waals surface area contributed by atoms with Crippen LogP contribution in [0, 0.1) is 0 Å². The molecule has 3 aromatic carbocycles. The minimum absolute atomic E-state index is 0.102. The fourth-order valence-electron chi connectivity index (χ4n) is 3.39. The number of rotatable bonds is 7. The van der Waals surface area contributed by atoms with Crippen molar-refractivity contribution in [3.8, 4) is 11.4 Å². The van der Waals surface area contributed by atoms with E-state index in [9.17, 15) is 13.2 Å². The number of nitrogens with zero attached hydrogens (tertiary/aromatic N) is 2. The van der Waals surface area contributed by atoms with Crippen LogP contribution in [-0.2, 0) is 6.18 Å². The van der Waals surface area contributed by atoms with Gasteiger partial charge in [-0.25, -0.2) is 4.98 Å². The first-order valence-corrected chi connectivity index (χ1v) is 9.98. The maximum atomic E-state index is 12.6. The van der Waals surface area contributed by atoms with E-state index in [0.717, 1.165) is 34.4 Å². The minimum atomic E-state index is -4.34. The second-order valence-electron chi connectivity index (χ2n) is 7.24. The highest BCUT2D eigenvalue weighted by molar-refractivity contribution is 5.77. The first-order valence-electron chi connectivity index (χ1n) is 9.98. The molecule has 0 aliphatic rings. The van der Waals surface area contributed by atoms with E-state index < -0.39 is 11.7 Å². The molecule has 0 spiro atoms. The molecule has 31 heavy (non-hydrogen) atoms. The molecular weight excluding hydrogens is 403 g/mol. The fraction of sp³-hybridized carbons (Fsp3) is 0.208. The maximum Gasteiger partial charge on any atom is 0.416 e. The predicted molar refractivity (Wildman–Crippen MR) is 114 cm³/mol. The van der Waals surface area contributed by atoms with E-state index in [1.807, 2.05) is 30.6 Å². The van der Waals surface area contributed by atoms with E-state index >= 15 is 0 Å². The maximum absolute atomic E-state index is 12.6. The van der Waals surface area contributed by atoms with Gasteiger partial charge in [0.2, 0.25) is 0 Å². The van der Waals surface area contributed by atoms with Crippen LogP contribution in [0.4, 0.5) is 13.2 Å². The number of hydrogen-bond acceptors (Lipinski definition) is 3. The number of benzene rings is 3. The number of alkyl halides is 3. The van der Waals surface area contributed by atoms with Crippen molar-refractivity contribution in [1.82, 2.24) is 14.9 Å². The molecule has 4 nitrogen and oxygen atoms in total. The van der Waals surface area contributed by atoms with Crippen LogP contribution in [-0.4, -0.2) is 22.7 Å². The number of para-hydroxylation sites is 2. The minimum Gasteiger partial charge on any atom is -0.492 e. The van der Waals surface area contributed by atoms with Gasteiger partial charge >= 0.3 is 6.18 Å². The van der Waals surface area contributed by atoms with Gasteiger partial charge in [0, 0.05) is 18.3 Å². The Balaban J connectivity index is 1.29. The number of nitrogens with one attached hydrogen (secondary N) is 1. The van der Waals surface area contributed by atoms with E-state index in [1.165, 1.54) is 12.1 Å². The zero-order valence-electron chi connectivity index (χ0n) is 16.9. The van der Waals surface area contributed by atoms with Crippen LogP contribution in [0.5, 0.6) is 5.75 Å². The molecule has 1 unspecified atom stereocenters. The lowest BCUT2D eigenvalue weighted by molar-refractivity contribution is -0.137. The standard InChI is InChI=1S/C24H22F3N3O/c1-17(28-14-15-31-21-12-8-19(9-13-21)24(25,26)27)18-6-10-20(11-7-18)30-16-29-22-4-2-3-5-23(22)30/h2-13,16-17,28H,14-15H2,1H3. The second kappa shape index (κ2) is 8.81. The lowest BCUT2D eigenvalue weighted by atomic mass is 10.1. The third-order valence-corrected chi connectivity index (χ3v) is 5.13. The first-order chi connectivity index (χ1) is 14.9. The molecule has 1 N–H and O–H groups in total. The van der Waals surface area contributed by atoms with Gasteiger partial charge in [0.05, 0.1) is 16.6 Å². The van der Waals surface area contributed by atoms with Crippen molar-refractivity contribution in [3.63, 3.8) is 0 Å². The average Bonchev–Trinajstić information content (AvgIpc) is 3.20. The van der Waals surface area contributed by atoms with Crippen molar-refractivity contribution in [2.45, 2.75) is 19.1 Å². The Bertz CT molecular complexity index is 1140. The smallest absolute Gasteiger partial charge is 0.416 e. The molecule has 1 heterocycles. The Hall–Kier alpha value is -3.32. The molecular formula is C24H22F3N3O. The van der Waals surface area contributed by atoms with E-state index in [-0.39, 0.29) is 6.04 Å². The molecule has 0 saturated heterocycles. The zero-order chi connectivity index (χ0) is 21.8. The molecule has 160 valence electrons. The summed E-state index contributed by atoms with van der Waals surface area (Å²) in [5.74, 6) is 0.416. The lowest BCUT2D eigenvalue weighted by Gasteiger charge is -2.16. The number of fused-ring (bicyclic) bond motifs is 1. The highest BCUT2D eigenvalue weighted by Gasteiger charge is 2.30. The number of halogens is 3. The van der Waals surface area contributed by atoms with E-state index in [0.29, 0.717) is 18.9 Å². The number of hydrogen-bond donors (Lipinski definition) is 1. The van der Waals surface area contributed by atoms with Crippen molar-refractivity contribution in [2.24, 2.45) is 0 Å². The van der Waals surface area contributed by atoms with Crippen LogP contribution in [0.25, 0.3) is 16.7 Å². The molecule has 0 amide bonds. The fourth-order valence-corrected chi connectivity index (χ4v) is 3.39. The van der Waals surface area contributed by atoms with Gasteiger partial charge in [0.1, 0.15) is 18.7 Å². The van der Waals surface area contributed by atoms with Crippen molar-refractivity contribution in [2.75, 3.05) is 13.2 Å². The van der Waals surface area contributed by atoms with Gasteiger partial charge in [0.15, 0.2) is 0 Å². The quantitative estimate of drug-likeness (QED) is 0.382. The average molecular weight is 425 g/mol. The van der Waals surface area contributed by atoms with Gasteiger partial charge < -0.3 is 10.1 Å². The highest BCUT2D eigenvalue weighted by Crippen LogP contribution is 2.30. The molecule has 0 aliphatic heterocycles. The topological polar surface area (TPSA) is 39.1 Å². The van der Waals surface area contributed by atoms with Crippen molar-refractivity contribution < 1.29 is 17.9 Å². The van der Waals surface area contributed by atoms with Crippen molar-refractivity contribution >= 4 is 11.0 Å². The second-order valence-corrected chi connectivity index (χ2v) is 7.24. The van der Waals surface area contributed by atoms with Gasteiger partial charge in [-0.1, -0.05) is 24.3 Å². The molecule has 1 atom stereocenters. The molecule has 7 heteroatoms. The molecule has 0 bridgehead atoms. The van der Waals surface area contributed by atoms with Gasteiger partial charge in [-0.3, -0.25) is 4.57 Å². The van der Waals surface area contributed by atoms with Gasteiger partial charge in [-0.2, -0.15) is 13.2 Å². The van der Waals surface area contributed by atoms with Crippen LogP contribution in [0.1, 0.15) is 24.1 Å². The predicted octanol–water partition coefficient (Wildman–Crippen LogP) is 5.77.